The lowest BCUT2D eigenvalue weighted by Gasteiger charge is -2.23. The maximum atomic E-state index is 10.5. The van der Waals surface area contributed by atoms with Gasteiger partial charge < -0.3 is 10.8 Å². The Balaban J connectivity index is 2.07. The molecule has 0 spiro atoms. The fourth-order valence-corrected chi connectivity index (χ4v) is 2.27. The Morgan fingerprint density at radius 1 is 1.16 bits per heavy atom. The van der Waals surface area contributed by atoms with Gasteiger partial charge in [0.2, 0.25) is 0 Å². The molecule has 0 aliphatic rings. The average molecular weight is 277 g/mol. The minimum absolute atomic E-state index is 0.472. The quantitative estimate of drug-likeness (QED) is 0.903. The summed E-state index contributed by atoms with van der Waals surface area (Å²) in [5, 5.41) is 11.2. The van der Waals surface area contributed by atoms with Crippen molar-refractivity contribution in [3.05, 3.63) is 58.7 Å². The third-order valence-corrected chi connectivity index (χ3v) is 3.18. The SMILES string of the molecule is CC(O)(Cc1ccc(Cl)cc1)Cc1ccnc(N)c1. The van der Waals surface area contributed by atoms with E-state index >= 15 is 0 Å². The van der Waals surface area contributed by atoms with E-state index in [0.29, 0.717) is 23.7 Å². The second-order valence-electron chi connectivity index (χ2n) is 5.07. The van der Waals surface area contributed by atoms with Crippen molar-refractivity contribution in [3.63, 3.8) is 0 Å². The molecule has 1 unspecified atom stereocenters. The van der Waals surface area contributed by atoms with E-state index < -0.39 is 5.60 Å². The number of halogens is 1. The first-order chi connectivity index (χ1) is 8.94. The van der Waals surface area contributed by atoms with Crippen LogP contribution in [0.25, 0.3) is 0 Å². The van der Waals surface area contributed by atoms with Crippen LogP contribution in [-0.4, -0.2) is 15.7 Å². The highest BCUT2D eigenvalue weighted by atomic mass is 35.5. The number of anilines is 1. The molecule has 0 fully saturated rings. The Bertz CT molecular complexity index is 552. The van der Waals surface area contributed by atoms with Crippen LogP contribution in [0.5, 0.6) is 0 Å². The number of aromatic nitrogens is 1. The molecule has 19 heavy (non-hydrogen) atoms. The Morgan fingerprint density at radius 3 is 2.42 bits per heavy atom. The van der Waals surface area contributed by atoms with E-state index in [9.17, 15) is 5.11 Å². The zero-order chi connectivity index (χ0) is 13.9. The minimum atomic E-state index is -0.832. The molecule has 0 amide bonds. The topological polar surface area (TPSA) is 59.1 Å². The van der Waals surface area contributed by atoms with Crippen molar-refractivity contribution in [3.8, 4) is 0 Å². The van der Waals surface area contributed by atoms with Crippen LogP contribution in [0.4, 0.5) is 5.82 Å². The molecular formula is C15H17ClN2O. The number of pyridine rings is 1. The van der Waals surface area contributed by atoms with Gasteiger partial charge in [0.25, 0.3) is 0 Å². The zero-order valence-electron chi connectivity index (χ0n) is 10.8. The molecule has 0 saturated carbocycles. The molecule has 100 valence electrons. The Hall–Kier alpha value is -1.58. The summed E-state index contributed by atoms with van der Waals surface area (Å²) in [7, 11) is 0. The number of rotatable bonds is 4. The first-order valence-corrected chi connectivity index (χ1v) is 6.50. The highest BCUT2D eigenvalue weighted by Gasteiger charge is 2.21. The van der Waals surface area contributed by atoms with Crippen molar-refractivity contribution < 1.29 is 5.11 Å². The lowest BCUT2D eigenvalue weighted by Crippen LogP contribution is -2.30. The lowest BCUT2D eigenvalue weighted by atomic mass is 9.90. The van der Waals surface area contributed by atoms with Gasteiger partial charge in [0, 0.05) is 24.1 Å². The van der Waals surface area contributed by atoms with E-state index in [2.05, 4.69) is 4.98 Å². The van der Waals surface area contributed by atoms with Crippen LogP contribution in [0.15, 0.2) is 42.6 Å². The molecule has 4 heteroatoms. The monoisotopic (exact) mass is 276 g/mol. The molecule has 0 bridgehead atoms. The number of nitrogens with zero attached hydrogens (tertiary/aromatic N) is 1. The molecule has 2 rings (SSSR count). The van der Waals surface area contributed by atoms with Crippen molar-refractivity contribution in [2.75, 3.05) is 5.73 Å². The first-order valence-electron chi connectivity index (χ1n) is 6.12. The first kappa shape index (κ1) is 13.8. The predicted molar refractivity (Wildman–Crippen MR) is 78.1 cm³/mol. The van der Waals surface area contributed by atoms with Gasteiger partial charge in [0.1, 0.15) is 5.82 Å². The second kappa shape index (κ2) is 5.59. The number of nitrogen functional groups attached to an aromatic ring is 1. The Labute approximate surface area is 118 Å². The van der Waals surface area contributed by atoms with Crippen molar-refractivity contribution in [2.24, 2.45) is 0 Å². The summed E-state index contributed by atoms with van der Waals surface area (Å²) in [4.78, 5) is 3.95. The van der Waals surface area contributed by atoms with Gasteiger partial charge in [-0.2, -0.15) is 0 Å². The van der Waals surface area contributed by atoms with Gasteiger partial charge in [-0.3, -0.25) is 0 Å². The van der Waals surface area contributed by atoms with E-state index in [1.165, 1.54) is 0 Å². The van der Waals surface area contributed by atoms with Crippen molar-refractivity contribution in [1.82, 2.24) is 4.98 Å². The molecule has 2 aromatic rings. The smallest absolute Gasteiger partial charge is 0.123 e. The molecule has 1 heterocycles. The van der Waals surface area contributed by atoms with Crippen LogP contribution in [-0.2, 0) is 12.8 Å². The fourth-order valence-electron chi connectivity index (χ4n) is 2.15. The van der Waals surface area contributed by atoms with Gasteiger partial charge in [-0.1, -0.05) is 23.7 Å². The molecular weight excluding hydrogens is 260 g/mol. The van der Waals surface area contributed by atoms with Gasteiger partial charge in [-0.25, -0.2) is 4.98 Å². The van der Waals surface area contributed by atoms with Crippen molar-refractivity contribution in [1.29, 1.82) is 0 Å². The highest BCUT2D eigenvalue weighted by molar-refractivity contribution is 6.30. The summed E-state index contributed by atoms with van der Waals surface area (Å²) >= 11 is 5.85. The summed E-state index contributed by atoms with van der Waals surface area (Å²) in [5.41, 5.74) is 6.84. The molecule has 1 atom stereocenters. The van der Waals surface area contributed by atoms with E-state index in [-0.39, 0.29) is 0 Å². The molecule has 0 aliphatic carbocycles. The molecule has 0 radical (unpaired) electrons. The van der Waals surface area contributed by atoms with Crippen molar-refractivity contribution >= 4 is 17.4 Å². The summed E-state index contributed by atoms with van der Waals surface area (Å²) in [6, 6.07) is 11.2. The van der Waals surface area contributed by atoms with Crippen LogP contribution in [0.2, 0.25) is 5.02 Å². The lowest BCUT2D eigenvalue weighted by molar-refractivity contribution is 0.0608. The third kappa shape index (κ3) is 4.23. The van der Waals surface area contributed by atoms with Gasteiger partial charge in [0.15, 0.2) is 0 Å². The van der Waals surface area contributed by atoms with E-state index in [1.54, 1.807) is 12.3 Å². The number of aliphatic hydroxyl groups is 1. The van der Waals surface area contributed by atoms with E-state index in [1.807, 2.05) is 37.3 Å². The van der Waals surface area contributed by atoms with Crippen LogP contribution >= 0.6 is 11.6 Å². The number of hydrogen-bond acceptors (Lipinski definition) is 3. The van der Waals surface area contributed by atoms with Crippen LogP contribution in [0.1, 0.15) is 18.1 Å². The van der Waals surface area contributed by atoms with Gasteiger partial charge in [-0.15, -0.1) is 0 Å². The maximum Gasteiger partial charge on any atom is 0.123 e. The Kier molecular flexibility index (Phi) is 4.08. The standard InChI is InChI=1S/C15H17ClN2O/c1-15(19,9-11-2-4-13(16)5-3-11)10-12-6-7-18-14(17)8-12/h2-8,19H,9-10H2,1H3,(H2,17,18). The summed E-state index contributed by atoms with van der Waals surface area (Å²) in [5.74, 6) is 0.472. The third-order valence-electron chi connectivity index (χ3n) is 2.93. The van der Waals surface area contributed by atoms with Gasteiger partial charge in [0.05, 0.1) is 5.60 Å². The second-order valence-corrected chi connectivity index (χ2v) is 5.50. The largest absolute Gasteiger partial charge is 0.389 e. The highest BCUT2D eigenvalue weighted by Crippen LogP contribution is 2.20. The molecule has 1 aromatic heterocycles. The molecule has 3 nitrogen and oxygen atoms in total. The maximum absolute atomic E-state index is 10.5. The van der Waals surface area contributed by atoms with Crippen LogP contribution < -0.4 is 5.73 Å². The molecule has 0 saturated heterocycles. The molecule has 0 aliphatic heterocycles. The zero-order valence-corrected chi connectivity index (χ0v) is 11.6. The van der Waals surface area contributed by atoms with E-state index in [4.69, 9.17) is 17.3 Å². The van der Waals surface area contributed by atoms with E-state index in [0.717, 1.165) is 11.1 Å². The fraction of sp³-hybridized carbons (Fsp3) is 0.267. The summed E-state index contributed by atoms with van der Waals surface area (Å²) in [6.45, 7) is 1.82. The molecule has 3 N–H and O–H groups in total. The number of benzene rings is 1. The predicted octanol–water partition coefficient (Wildman–Crippen LogP) is 2.85. The average Bonchev–Trinajstić information content (AvgIpc) is 2.31. The summed E-state index contributed by atoms with van der Waals surface area (Å²) in [6.07, 6.45) is 2.75. The van der Waals surface area contributed by atoms with Gasteiger partial charge in [-0.05, 0) is 42.3 Å². The number of nitrogens with two attached hydrogens (primary N) is 1. The Morgan fingerprint density at radius 2 is 1.79 bits per heavy atom. The van der Waals surface area contributed by atoms with Crippen LogP contribution in [0, 0.1) is 0 Å². The van der Waals surface area contributed by atoms with Gasteiger partial charge >= 0.3 is 0 Å². The normalized spacial score (nSPS) is 14.1. The minimum Gasteiger partial charge on any atom is -0.389 e. The van der Waals surface area contributed by atoms with Crippen LogP contribution in [0.3, 0.4) is 0 Å². The molecule has 1 aromatic carbocycles. The number of hydrogen-bond donors (Lipinski definition) is 2. The summed E-state index contributed by atoms with van der Waals surface area (Å²) < 4.78 is 0. The van der Waals surface area contributed by atoms with Crippen molar-refractivity contribution in [2.45, 2.75) is 25.4 Å².